The van der Waals surface area contributed by atoms with E-state index in [1.165, 1.54) is 6.07 Å². The molecular weight excluding hydrogens is 239 g/mol. The Hall–Kier alpha value is -2.03. The number of nitrogen functional groups attached to an aromatic ring is 1. The fourth-order valence-electron chi connectivity index (χ4n) is 2.16. The van der Waals surface area contributed by atoms with Crippen LogP contribution in [0.15, 0.2) is 48.5 Å². The zero-order chi connectivity index (χ0) is 13.7. The number of halogens is 1. The molecule has 0 heterocycles. The van der Waals surface area contributed by atoms with E-state index in [1.54, 1.807) is 6.07 Å². The van der Waals surface area contributed by atoms with E-state index in [0.717, 1.165) is 24.3 Å². The molecule has 100 valence electrons. The number of para-hydroxylation sites is 2. The third kappa shape index (κ3) is 3.25. The summed E-state index contributed by atoms with van der Waals surface area (Å²) in [7, 11) is 0. The molecule has 0 saturated heterocycles. The van der Waals surface area contributed by atoms with Crippen molar-refractivity contribution in [1.82, 2.24) is 0 Å². The highest BCUT2D eigenvalue weighted by molar-refractivity contribution is 5.67. The van der Waals surface area contributed by atoms with E-state index in [2.05, 4.69) is 11.8 Å². The monoisotopic (exact) mass is 258 g/mol. The molecule has 0 atom stereocenters. The molecule has 2 aromatic carbocycles. The lowest BCUT2D eigenvalue weighted by atomic mass is 10.1. The van der Waals surface area contributed by atoms with Gasteiger partial charge in [-0.1, -0.05) is 37.3 Å². The van der Waals surface area contributed by atoms with Crippen LogP contribution in [0.25, 0.3) is 0 Å². The second-order valence-electron chi connectivity index (χ2n) is 4.57. The van der Waals surface area contributed by atoms with Gasteiger partial charge < -0.3 is 10.6 Å². The van der Waals surface area contributed by atoms with Gasteiger partial charge in [0.15, 0.2) is 0 Å². The highest BCUT2D eigenvalue weighted by Crippen LogP contribution is 2.25. The quantitative estimate of drug-likeness (QED) is 0.826. The summed E-state index contributed by atoms with van der Waals surface area (Å²) >= 11 is 0. The summed E-state index contributed by atoms with van der Waals surface area (Å²) in [4.78, 5) is 2.12. The predicted octanol–water partition coefficient (Wildman–Crippen LogP) is 3.82. The second-order valence-corrected chi connectivity index (χ2v) is 4.57. The molecule has 2 aromatic rings. The Morgan fingerprint density at radius 1 is 1.05 bits per heavy atom. The highest BCUT2D eigenvalue weighted by Gasteiger charge is 2.11. The zero-order valence-electron chi connectivity index (χ0n) is 11.1. The van der Waals surface area contributed by atoms with Gasteiger partial charge in [-0.25, -0.2) is 4.39 Å². The maximum Gasteiger partial charge on any atom is 0.128 e. The number of hydrogen-bond donors (Lipinski definition) is 1. The molecule has 19 heavy (non-hydrogen) atoms. The van der Waals surface area contributed by atoms with Crippen LogP contribution in [0.1, 0.15) is 18.9 Å². The lowest BCUT2D eigenvalue weighted by molar-refractivity contribution is 0.603. The van der Waals surface area contributed by atoms with Gasteiger partial charge >= 0.3 is 0 Å². The molecule has 0 aliphatic carbocycles. The summed E-state index contributed by atoms with van der Waals surface area (Å²) in [6.45, 7) is 3.49. The van der Waals surface area contributed by atoms with E-state index in [0.29, 0.717) is 12.1 Å². The molecule has 2 N–H and O–H groups in total. The van der Waals surface area contributed by atoms with Gasteiger partial charge in [-0.15, -0.1) is 0 Å². The van der Waals surface area contributed by atoms with Crippen LogP contribution in [-0.4, -0.2) is 6.54 Å². The van der Waals surface area contributed by atoms with Crippen molar-refractivity contribution < 1.29 is 4.39 Å². The Bertz CT molecular complexity index is 540. The summed E-state index contributed by atoms with van der Waals surface area (Å²) in [5, 5.41) is 0. The van der Waals surface area contributed by atoms with Crippen LogP contribution in [0.2, 0.25) is 0 Å². The average Bonchev–Trinajstić information content (AvgIpc) is 2.41. The molecule has 0 unspecified atom stereocenters. The van der Waals surface area contributed by atoms with Crippen LogP contribution in [0.3, 0.4) is 0 Å². The SMILES string of the molecule is CCCN(Cc1ccccc1F)c1ccccc1N. The minimum atomic E-state index is -0.168. The Labute approximate surface area is 113 Å². The summed E-state index contributed by atoms with van der Waals surface area (Å²) in [6, 6.07) is 14.6. The van der Waals surface area contributed by atoms with Crippen molar-refractivity contribution in [3.8, 4) is 0 Å². The Morgan fingerprint density at radius 2 is 1.74 bits per heavy atom. The van der Waals surface area contributed by atoms with Gasteiger partial charge in [-0.2, -0.15) is 0 Å². The first-order valence-corrected chi connectivity index (χ1v) is 6.55. The molecule has 0 amide bonds. The van der Waals surface area contributed by atoms with E-state index in [9.17, 15) is 4.39 Å². The minimum absolute atomic E-state index is 0.168. The molecule has 2 rings (SSSR count). The number of hydrogen-bond acceptors (Lipinski definition) is 2. The van der Waals surface area contributed by atoms with Crippen LogP contribution >= 0.6 is 0 Å². The normalized spacial score (nSPS) is 10.4. The third-order valence-corrected chi connectivity index (χ3v) is 3.09. The van der Waals surface area contributed by atoms with E-state index in [4.69, 9.17) is 5.73 Å². The van der Waals surface area contributed by atoms with Crippen molar-refractivity contribution in [1.29, 1.82) is 0 Å². The van der Waals surface area contributed by atoms with Crippen LogP contribution in [0, 0.1) is 5.82 Å². The molecule has 0 fully saturated rings. The number of benzene rings is 2. The predicted molar refractivity (Wildman–Crippen MR) is 78.6 cm³/mol. The fraction of sp³-hybridized carbons (Fsp3) is 0.250. The molecule has 3 heteroatoms. The van der Waals surface area contributed by atoms with Crippen molar-refractivity contribution in [3.05, 3.63) is 59.9 Å². The molecule has 0 radical (unpaired) electrons. The van der Waals surface area contributed by atoms with E-state index in [1.807, 2.05) is 36.4 Å². The molecule has 0 bridgehead atoms. The molecular formula is C16H19FN2. The number of nitrogens with zero attached hydrogens (tertiary/aromatic N) is 1. The molecule has 0 saturated carbocycles. The first kappa shape index (κ1) is 13.4. The highest BCUT2D eigenvalue weighted by atomic mass is 19.1. The largest absolute Gasteiger partial charge is 0.397 e. The van der Waals surface area contributed by atoms with Crippen LogP contribution in [0.5, 0.6) is 0 Å². The van der Waals surface area contributed by atoms with Gasteiger partial charge in [0.1, 0.15) is 5.82 Å². The van der Waals surface area contributed by atoms with Crippen LogP contribution in [-0.2, 0) is 6.54 Å². The zero-order valence-corrected chi connectivity index (χ0v) is 11.1. The molecule has 0 aliphatic rings. The van der Waals surface area contributed by atoms with E-state index < -0.39 is 0 Å². The van der Waals surface area contributed by atoms with Gasteiger partial charge in [0, 0.05) is 18.7 Å². The maximum atomic E-state index is 13.7. The maximum absolute atomic E-state index is 13.7. The summed E-state index contributed by atoms with van der Waals surface area (Å²) in [6.07, 6.45) is 0.989. The smallest absolute Gasteiger partial charge is 0.128 e. The average molecular weight is 258 g/mol. The lowest BCUT2D eigenvalue weighted by Crippen LogP contribution is -2.24. The second kappa shape index (κ2) is 6.23. The first-order chi connectivity index (χ1) is 9.22. The standard InChI is InChI=1S/C16H19FN2/c1-2-11-19(16-10-6-5-9-15(16)18)12-13-7-3-4-8-14(13)17/h3-10H,2,11-12,18H2,1H3. The summed E-state index contributed by atoms with van der Waals surface area (Å²) in [5.41, 5.74) is 8.40. The van der Waals surface area contributed by atoms with Crippen molar-refractivity contribution in [3.63, 3.8) is 0 Å². The lowest BCUT2D eigenvalue weighted by Gasteiger charge is -2.26. The molecule has 0 spiro atoms. The summed E-state index contributed by atoms with van der Waals surface area (Å²) < 4.78 is 13.7. The van der Waals surface area contributed by atoms with E-state index in [-0.39, 0.29) is 5.82 Å². The Balaban J connectivity index is 2.27. The topological polar surface area (TPSA) is 29.3 Å². The van der Waals surface area contributed by atoms with Crippen molar-refractivity contribution >= 4 is 11.4 Å². The number of anilines is 2. The first-order valence-electron chi connectivity index (χ1n) is 6.55. The Kier molecular flexibility index (Phi) is 4.39. The van der Waals surface area contributed by atoms with Crippen LogP contribution in [0.4, 0.5) is 15.8 Å². The molecule has 2 nitrogen and oxygen atoms in total. The Morgan fingerprint density at radius 3 is 2.42 bits per heavy atom. The molecule has 0 aromatic heterocycles. The summed E-state index contributed by atoms with van der Waals surface area (Å²) in [5.74, 6) is -0.168. The fourth-order valence-corrected chi connectivity index (χ4v) is 2.16. The van der Waals surface area contributed by atoms with E-state index >= 15 is 0 Å². The van der Waals surface area contributed by atoms with Crippen molar-refractivity contribution in [2.75, 3.05) is 17.2 Å². The third-order valence-electron chi connectivity index (χ3n) is 3.09. The van der Waals surface area contributed by atoms with Crippen molar-refractivity contribution in [2.45, 2.75) is 19.9 Å². The van der Waals surface area contributed by atoms with Gasteiger partial charge in [-0.05, 0) is 24.6 Å². The van der Waals surface area contributed by atoms with Gasteiger partial charge in [0.05, 0.1) is 11.4 Å². The van der Waals surface area contributed by atoms with Gasteiger partial charge in [0.25, 0.3) is 0 Å². The van der Waals surface area contributed by atoms with Crippen LogP contribution < -0.4 is 10.6 Å². The van der Waals surface area contributed by atoms with Gasteiger partial charge in [0.2, 0.25) is 0 Å². The van der Waals surface area contributed by atoms with Gasteiger partial charge in [-0.3, -0.25) is 0 Å². The minimum Gasteiger partial charge on any atom is -0.397 e. The number of nitrogens with two attached hydrogens (primary N) is 1. The van der Waals surface area contributed by atoms with Crippen molar-refractivity contribution in [2.24, 2.45) is 0 Å². The molecule has 0 aliphatic heterocycles. The number of rotatable bonds is 5.